The van der Waals surface area contributed by atoms with Gasteiger partial charge in [0.05, 0.1) is 24.4 Å². The van der Waals surface area contributed by atoms with Crippen molar-refractivity contribution >= 4 is 40.8 Å². The molecular formula is C29H28ClFN4O3. The van der Waals surface area contributed by atoms with Gasteiger partial charge in [-0.05, 0) is 48.4 Å². The number of H-pyrrole nitrogens is 1. The Morgan fingerprint density at radius 1 is 1.05 bits per heavy atom. The lowest BCUT2D eigenvalue weighted by Crippen LogP contribution is -2.45. The average Bonchev–Trinajstić information content (AvgIpc) is 3.40. The van der Waals surface area contributed by atoms with Crippen molar-refractivity contribution in [3.8, 4) is 11.1 Å². The van der Waals surface area contributed by atoms with Gasteiger partial charge in [0.15, 0.2) is 0 Å². The molecule has 0 unspecified atom stereocenters. The summed E-state index contributed by atoms with van der Waals surface area (Å²) in [5.41, 5.74) is 5.72. The van der Waals surface area contributed by atoms with Gasteiger partial charge >= 0.3 is 0 Å². The Morgan fingerprint density at radius 2 is 1.87 bits per heavy atom. The fraction of sp³-hybridized carbons (Fsp3) is 0.310. The van der Waals surface area contributed by atoms with E-state index in [4.69, 9.17) is 16.3 Å². The van der Waals surface area contributed by atoms with E-state index in [-0.39, 0.29) is 11.8 Å². The fourth-order valence-corrected chi connectivity index (χ4v) is 5.73. The van der Waals surface area contributed by atoms with Crippen LogP contribution in [0.25, 0.3) is 22.8 Å². The summed E-state index contributed by atoms with van der Waals surface area (Å²) in [5, 5.41) is 3.20. The van der Waals surface area contributed by atoms with E-state index < -0.39 is 5.82 Å². The van der Waals surface area contributed by atoms with Crippen molar-refractivity contribution < 1.29 is 18.7 Å². The van der Waals surface area contributed by atoms with Crippen molar-refractivity contribution in [3.63, 3.8) is 0 Å². The maximum atomic E-state index is 14.9. The second-order valence-electron chi connectivity index (χ2n) is 9.88. The molecule has 2 amide bonds. The molecule has 3 aliphatic heterocycles. The van der Waals surface area contributed by atoms with Crippen molar-refractivity contribution in [1.82, 2.24) is 14.8 Å². The minimum Gasteiger partial charge on any atom is -0.379 e. The number of anilines is 1. The van der Waals surface area contributed by atoms with E-state index in [1.54, 1.807) is 36.4 Å². The highest BCUT2D eigenvalue weighted by molar-refractivity contribution is 6.36. The number of benzene rings is 2. The first-order valence-corrected chi connectivity index (χ1v) is 13.2. The number of fused-ring (bicyclic) bond motifs is 2. The van der Waals surface area contributed by atoms with Crippen LogP contribution < -0.4 is 5.32 Å². The van der Waals surface area contributed by atoms with Gasteiger partial charge in [0, 0.05) is 72.4 Å². The van der Waals surface area contributed by atoms with Crippen LogP contribution in [0.1, 0.15) is 32.9 Å². The normalized spacial score (nSPS) is 18.6. The zero-order chi connectivity index (χ0) is 26.4. The third-order valence-corrected chi connectivity index (χ3v) is 7.86. The molecule has 38 heavy (non-hydrogen) atoms. The maximum Gasteiger partial charge on any atom is 0.256 e. The van der Waals surface area contributed by atoms with Crippen LogP contribution in [-0.2, 0) is 16.0 Å². The Bertz CT molecular complexity index is 1470. The Morgan fingerprint density at radius 3 is 2.66 bits per heavy atom. The first-order chi connectivity index (χ1) is 18.4. The molecule has 0 atom stereocenters. The Hall–Kier alpha value is -3.46. The molecule has 0 bridgehead atoms. The number of ether oxygens (including phenoxy) is 1. The van der Waals surface area contributed by atoms with Gasteiger partial charge in [-0.15, -0.1) is 0 Å². The molecule has 9 heteroatoms. The quantitative estimate of drug-likeness (QED) is 0.469. The van der Waals surface area contributed by atoms with Crippen LogP contribution in [0.15, 0.2) is 36.4 Å². The van der Waals surface area contributed by atoms with Gasteiger partial charge in [-0.25, -0.2) is 4.39 Å². The van der Waals surface area contributed by atoms with Crippen LogP contribution in [0.2, 0.25) is 5.02 Å². The number of halogens is 2. The average molecular weight is 535 g/mol. The van der Waals surface area contributed by atoms with Crippen molar-refractivity contribution in [3.05, 3.63) is 75.3 Å². The summed E-state index contributed by atoms with van der Waals surface area (Å²) >= 11 is 5.97. The summed E-state index contributed by atoms with van der Waals surface area (Å²) < 4.78 is 20.3. The molecule has 0 aliphatic carbocycles. The van der Waals surface area contributed by atoms with Gasteiger partial charge < -0.3 is 19.9 Å². The van der Waals surface area contributed by atoms with Crippen LogP contribution >= 0.6 is 11.6 Å². The highest BCUT2D eigenvalue weighted by Gasteiger charge is 2.32. The number of nitrogens with zero attached hydrogens (tertiary/aromatic N) is 2. The Labute approximate surface area is 225 Å². The second-order valence-corrected chi connectivity index (χ2v) is 10.3. The number of hydrogen-bond donors (Lipinski definition) is 2. The standard InChI is InChI=1S/C29H28ClFN4O3/c1-17-25(32-24-7-8-35(29(37)26(17)24)10-9-34-11-13-38-14-12-34)16-21-27-20(3-2-4-23(27)33-28(21)36)19-6-5-18(30)15-22(19)31/h2-6,15-16,32H,7-14H2,1H3,(H,33,36)/b21-16-. The topological polar surface area (TPSA) is 77.7 Å². The van der Waals surface area contributed by atoms with E-state index in [1.165, 1.54) is 6.07 Å². The van der Waals surface area contributed by atoms with Crippen molar-refractivity contribution in [2.24, 2.45) is 0 Å². The number of carbonyl (C=O) groups is 2. The van der Waals surface area contributed by atoms with E-state index >= 15 is 0 Å². The van der Waals surface area contributed by atoms with Crippen LogP contribution in [0, 0.1) is 12.7 Å². The van der Waals surface area contributed by atoms with Crippen LogP contribution in [0.4, 0.5) is 10.1 Å². The minimum absolute atomic E-state index is 0.0121. The van der Waals surface area contributed by atoms with E-state index in [1.807, 2.05) is 11.8 Å². The molecule has 1 fully saturated rings. The fourth-order valence-electron chi connectivity index (χ4n) is 5.57. The van der Waals surface area contributed by atoms with Crippen molar-refractivity contribution in [2.45, 2.75) is 13.3 Å². The van der Waals surface area contributed by atoms with E-state index in [0.717, 1.165) is 50.5 Å². The second kappa shape index (κ2) is 10.0. The van der Waals surface area contributed by atoms with Gasteiger partial charge in [-0.2, -0.15) is 0 Å². The van der Waals surface area contributed by atoms with Crippen LogP contribution in [-0.4, -0.2) is 72.5 Å². The Kier molecular flexibility index (Phi) is 6.55. The molecule has 1 aromatic heterocycles. The highest BCUT2D eigenvalue weighted by Crippen LogP contribution is 2.42. The molecular weight excluding hydrogens is 507 g/mol. The first kappa shape index (κ1) is 24.9. The lowest BCUT2D eigenvalue weighted by molar-refractivity contribution is -0.110. The highest BCUT2D eigenvalue weighted by atomic mass is 35.5. The summed E-state index contributed by atoms with van der Waals surface area (Å²) in [4.78, 5) is 34.1. The predicted molar refractivity (Wildman–Crippen MR) is 146 cm³/mol. The molecule has 4 heterocycles. The third-order valence-electron chi connectivity index (χ3n) is 7.63. The molecule has 2 aromatic carbocycles. The molecule has 7 nitrogen and oxygen atoms in total. The monoisotopic (exact) mass is 534 g/mol. The predicted octanol–water partition coefficient (Wildman–Crippen LogP) is 4.61. The number of rotatable bonds is 5. The molecule has 0 saturated carbocycles. The summed E-state index contributed by atoms with van der Waals surface area (Å²) in [5.74, 6) is -0.718. The first-order valence-electron chi connectivity index (χ1n) is 12.8. The molecule has 0 spiro atoms. The zero-order valence-corrected chi connectivity index (χ0v) is 21.8. The zero-order valence-electron chi connectivity index (χ0n) is 21.1. The van der Waals surface area contributed by atoms with Crippen LogP contribution in [0.5, 0.6) is 0 Å². The summed E-state index contributed by atoms with van der Waals surface area (Å²) in [7, 11) is 0. The number of nitrogens with one attached hydrogen (secondary N) is 2. The molecule has 0 radical (unpaired) electrons. The smallest absolute Gasteiger partial charge is 0.256 e. The van der Waals surface area contributed by atoms with E-state index in [9.17, 15) is 14.0 Å². The Balaban J connectivity index is 1.32. The van der Waals surface area contributed by atoms with Gasteiger partial charge in [0.1, 0.15) is 5.82 Å². The van der Waals surface area contributed by atoms with E-state index in [2.05, 4.69) is 15.2 Å². The molecule has 196 valence electrons. The number of aromatic amines is 1. The maximum absolute atomic E-state index is 14.9. The molecule has 2 N–H and O–H groups in total. The molecule has 3 aromatic rings. The molecule has 3 aliphatic rings. The lowest BCUT2D eigenvalue weighted by atomic mass is 9.93. The van der Waals surface area contributed by atoms with Gasteiger partial charge in [-0.3, -0.25) is 14.5 Å². The van der Waals surface area contributed by atoms with Gasteiger partial charge in [0.25, 0.3) is 11.8 Å². The largest absolute Gasteiger partial charge is 0.379 e. The SMILES string of the molecule is Cc1c(/C=C2\C(=O)Nc3cccc(-c4ccc(Cl)cc4F)c32)[nH]c2c1C(=O)N(CCN1CCOCC1)CC2. The number of carbonyl (C=O) groups excluding carboxylic acids is 2. The number of hydrogen-bond acceptors (Lipinski definition) is 4. The summed E-state index contributed by atoms with van der Waals surface area (Å²) in [6.07, 6.45) is 2.50. The third kappa shape index (κ3) is 4.42. The van der Waals surface area contributed by atoms with Crippen molar-refractivity contribution in [2.75, 3.05) is 51.3 Å². The molecule has 6 rings (SSSR count). The number of amides is 2. The lowest BCUT2D eigenvalue weighted by Gasteiger charge is -2.32. The summed E-state index contributed by atoms with van der Waals surface area (Å²) in [6.45, 7) is 7.29. The number of aromatic nitrogens is 1. The van der Waals surface area contributed by atoms with Crippen LogP contribution in [0.3, 0.4) is 0 Å². The van der Waals surface area contributed by atoms with Crippen molar-refractivity contribution in [1.29, 1.82) is 0 Å². The van der Waals surface area contributed by atoms with E-state index in [0.29, 0.717) is 57.3 Å². The van der Waals surface area contributed by atoms with Gasteiger partial charge in [0.2, 0.25) is 0 Å². The van der Waals surface area contributed by atoms with Gasteiger partial charge in [-0.1, -0.05) is 23.7 Å². The minimum atomic E-state index is -0.459. The number of morpholine rings is 1. The summed E-state index contributed by atoms with van der Waals surface area (Å²) in [6, 6.07) is 9.90. The molecule has 1 saturated heterocycles.